The summed E-state index contributed by atoms with van der Waals surface area (Å²) in [5, 5.41) is 10.2. The zero-order valence-electron chi connectivity index (χ0n) is 13.5. The van der Waals surface area contributed by atoms with E-state index in [1.54, 1.807) is 18.0 Å². The lowest BCUT2D eigenvalue weighted by Crippen LogP contribution is -1.92. The lowest BCUT2D eigenvalue weighted by molar-refractivity contribution is 1.35. The quantitative estimate of drug-likeness (QED) is 0.335. The molecule has 1 heterocycles. The molecule has 122 valence electrons. The first-order chi connectivity index (χ1) is 11.6. The summed E-state index contributed by atoms with van der Waals surface area (Å²) in [5.41, 5.74) is 10.6. The van der Waals surface area contributed by atoms with Gasteiger partial charge in [0.15, 0.2) is 0 Å². The van der Waals surface area contributed by atoms with Crippen LogP contribution in [0, 0.1) is 18.3 Å². The third-order valence-electron chi connectivity index (χ3n) is 3.72. The topological polar surface area (TPSA) is 77.6 Å². The number of anilines is 2. The van der Waals surface area contributed by atoms with Crippen molar-refractivity contribution in [1.29, 1.82) is 5.26 Å². The Morgan fingerprint density at radius 1 is 1.29 bits per heavy atom. The minimum Gasteiger partial charge on any atom is -0.398 e. The van der Waals surface area contributed by atoms with Gasteiger partial charge in [0.25, 0.3) is 0 Å². The molecule has 0 fully saturated rings. The van der Waals surface area contributed by atoms with E-state index in [2.05, 4.69) is 34.8 Å². The number of fused-ring (bicyclic) bond motifs is 1. The van der Waals surface area contributed by atoms with Crippen molar-refractivity contribution in [2.45, 2.75) is 23.6 Å². The van der Waals surface area contributed by atoms with Crippen LogP contribution in [0.2, 0.25) is 0 Å². The first-order valence-electron chi connectivity index (χ1n) is 7.60. The molecular formula is C18H18N4S2. The van der Waals surface area contributed by atoms with Crippen molar-refractivity contribution < 1.29 is 0 Å². The Labute approximate surface area is 150 Å². The molecule has 3 rings (SSSR count). The molecule has 0 amide bonds. The van der Waals surface area contributed by atoms with E-state index in [-0.39, 0.29) is 0 Å². The molecule has 0 unspecified atom stereocenters. The van der Waals surface area contributed by atoms with E-state index < -0.39 is 0 Å². The van der Waals surface area contributed by atoms with E-state index in [1.165, 1.54) is 11.9 Å². The molecule has 0 saturated heterocycles. The summed E-state index contributed by atoms with van der Waals surface area (Å²) in [5.74, 6) is 1.00. The Bertz CT molecular complexity index is 925. The van der Waals surface area contributed by atoms with Crippen LogP contribution >= 0.6 is 23.7 Å². The molecule has 0 bridgehead atoms. The first kappa shape index (κ1) is 16.6. The molecule has 0 radical (unpaired) electrons. The van der Waals surface area contributed by atoms with Crippen molar-refractivity contribution in [3.63, 3.8) is 0 Å². The molecular weight excluding hydrogens is 336 g/mol. The molecule has 0 saturated carbocycles. The van der Waals surface area contributed by atoms with Crippen molar-refractivity contribution in [3.8, 4) is 6.07 Å². The maximum absolute atomic E-state index is 9.24. The molecule has 1 aromatic heterocycles. The van der Waals surface area contributed by atoms with Crippen molar-refractivity contribution in [2.75, 3.05) is 16.2 Å². The standard InChI is InChI=1S/C18H18N4S2/c1-3-23-16-7-5-13(8-14(16)20)24-22-15-6-4-11(2)17-12(9-19)10-21-18(15)17/h4-8,10,21-22H,3,20H2,1-2H3. The van der Waals surface area contributed by atoms with Crippen LogP contribution in [-0.4, -0.2) is 10.7 Å². The number of benzene rings is 2. The summed E-state index contributed by atoms with van der Waals surface area (Å²) in [4.78, 5) is 5.36. The third kappa shape index (κ3) is 3.18. The van der Waals surface area contributed by atoms with E-state index in [4.69, 9.17) is 5.73 Å². The van der Waals surface area contributed by atoms with E-state index in [1.807, 2.05) is 25.1 Å². The fraction of sp³-hybridized carbons (Fsp3) is 0.167. The summed E-state index contributed by atoms with van der Waals surface area (Å²) < 4.78 is 3.36. The minimum absolute atomic E-state index is 0.668. The molecule has 4 nitrogen and oxygen atoms in total. The smallest absolute Gasteiger partial charge is 0.101 e. The van der Waals surface area contributed by atoms with Gasteiger partial charge in [-0.05, 0) is 54.5 Å². The van der Waals surface area contributed by atoms with Gasteiger partial charge in [0.05, 0.1) is 16.8 Å². The van der Waals surface area contributed by atoms with Crippen LogP contribution in [-0.2, 0) is 0 Å². The number of aromatic nitrogens is 1. The van der Waals surface area contributed by atoms with Gasteiger partial charge in [0.1, 0.15) is 6.07 Å². The molecule has 2 aromatic carbocycles. The normalized spacial score (nSPS) is 10.7. The number of nitrogens with one attached hydrogen (secondary N) is 2. The highest BCUT2D eigenvalue weighted by atomic mass is 32.2. The van der Waals surface area contributed by atoms with Gasteiger partial charge < -0.3 is 15.4 Å². The fourth-order valence-corrected chi connectivity index (χ4v) is 4.01. The van der Waals surface area contributed by atoms with Gasteiger partial charge in [-0.3, -0.25) is 0 Å². The summed E-state index contributed by atoms with van der Waals surface area (Å²) in [6.07, 6.45) is 1.75. The molecule has 3 aromatic rings. The molecule has 6 heteroatoms. The van der Waals surface area contributed by atoms with Crippen molar-refractivity contribution >= 4 is 46.0 Å². The Hall–Kier alpha value is -2.23. The van der Waals surface area contributed by atoms with Gasteiger partial charge in [-0.2, -0.15) is 5.26 Å². The zero-order chi connectivity index (χ0) is 17.1. The Kier molecular flexibility index (Phi) is 4.93. The van der Waals surface area contributed by atoms with Crippen molar-refractivity contribution in [3.05, 3.63) is 47.7 Å². The summed E-state index contributed by atoms with van der Waals surface area (Å²) in [6.45, 7) is 4.13. The number of aromatic amines is 1. The number of nitrogens with zero attached hydrogens (tertiary/aromatic N) is 1. The molecule has 4 N–H and O–H groups in total. The highest BCUT2D eigenvalue weighted by molar-refractivity contribution is 8.00. The van der Waals surface area contributed by atoms with Crippen LogP contribution < -0.4 is 10.5 Å². The molecule has 0 aliphatic rings. The van der Waals surface area contributed by atoms with Crippen molar-refractivity contribution in [2.24, 2.45) is 0 Å². The Balaban J connectivity index is 1.84. The largest absolute Gasteiger partial charge is 0.398 e. The van der Waals surface area contributed by atoms with E-state index in [0.29, 0.717) is 5.56 Å². The van der Waals surface area contributed by atoms with Gasteiger partial charge in [-0.15, -0.1) is 11.8 Å². The second kappa shape index (κ2) is 7.12. The summed E-state index contributed by atoms with van der Waals surface area (Å²) in [7, 11) is 0. The van der Waals surface area contributed by atoms with Gasteiger partial charge in [-0.25, -0.2) is 0 Å². The summed E-state index contributed by atoms with van der Waals surface area (Å²) in [6, 6.07) is 12.4. The number of thioether (sulfide) groups is 1. The average Bonchev–Trinajstić information content (AvgIpc) is 3.02. The molecule has 24 heavy (non-hydrogen) atoms. The van der Waals surface area contributed by atoms with E-state index in [9.17, 15) is 5.26 Å². The molecule has 0 atom stereocenters. The van der Waals surface area contributed by atoms with Crippen LogP contribution in [0.3, 0.4) is 0 Å². The van der Waals surface area contributed by atoms with Crippen molar-refractivity contribution in [1.82, 2.24) is 4.98 Å². The van der Waals surface area contributed by atoms with Crippen LogP contribution in [0.5, 0.6) is 0 Å². The fourth-order valence-electron chi connectivity index (χ4n) is 2.58. The van der Waals surface area contributed by atoms with Crippen LogP contribution in [0.1, 0.15) is 18.1 Å². The van der Waals surface area contributed by atoms with Gasteiger partial charge in [-0.1, -0.05) is 13.0 Å². The number of hydrogen-bond donors (Lipinski definition) is 3. The van der Waals surface area contributed by atoms with E-state index in [0.717, 1.165) is 43.4 Å². The minimum atomic E-state index is 0.668. The SMILES string of the molecule is CCSc1ccc(SNc2ccc(C)c3c(C#N)c[nH]c23)cc1N. The molecule has 0 aliphatic heterocycles. The lowest BCUT2D eigenvalue weighted by atomic mass is 10.1. The van der Waals surface area contributed by atoms with E-state index >= 15 is 0 Å². The number of rotatable bonds is 5. The lowest BCUT2D eigenvalue weighted by Gasteiger charge is -2.10. The maximum Gasteiger partial charge on any atom is 0.101 e. The van der Waals surface area contributed by atoms with Gasteiger partial charge in [0.2, 0.25) is 0 Å². The monoisotopic (exact) mass is 354 g/mol. The number of hydrogen-bond acceptors (Lipinski definition) is 5. The number of nitriles is 1. The number of nitrogen functional groups attached to an aromatic ring is 1. The van der Waals surface area contributed by atoms with Gasteiger partial charge in [0, 0.05) is 27.1 Å². The number of nitrogens with two attached hydrogens (primary N) is 1. The van der Waals surface area contributed by atoms with Crippen LogP contribution in [0.15, 0.2) is 46.3 Å². The highest BCUT2D eigenvalue weighted by Gasteiger charge is 2.10. The van der Waals surface area contributed by atoms with Crippen LogP contribution in [0.4, 0.5) is 11.4 Å². The maximum atomic E-state index is 9.24. The summed E-state index contributed by atoms with van der Waals surface area (Å²) >= 11 is 3.25. The zero-order valence-corrected chi connectivity index (χ0v) is 15.1. The molecule has 0 aliphatic carbocycles. The number of aryl methyl sites for hydroxylation is 1. The second-order valence-corrected chi connectivity index (χ2v) is 7.52. The Morgan fingerprint density at radius 2 is 2.12 bits per heavy atom. The number of H-pyrrole nitrogens is 1. The predicted octanol–water partition coefficient (Wildman–Crippen LogP) is 5.16. The molecule has 0 spiro atoms. The average molecular weight is 355 g/mol. The third-order valence-corrected chi connectivity index (χ3v) is 5.51. The second-order valence-electron chi connectivity index (χ2n) is 5.33. The Morgan fingerprint density at radius 3 is 2.83 bits per heavy atom. The van der Waals surface area contributed by atoms with Crippen LogP contribution in [0.25, 0.3) is 10.9 Å². The van der Waals surface area contributed by atoms with Gasteiger partial charge >= 0.3 is 0 Å². The first-order valence-corrected chi connectivity index (χ1v) is 9.40. The highest BCUT2D eigenvalue weighted by Crippen LogP contribution is 2.33. The predicted molar refractivity (Wildman–Crippen MR) is 104 cm³/mol.